The molecule has 17 heavy (non-hydrogen) atoms. The van der Waals surface area contributed by atoms with Crippen LogP contribution in [-0.4, -0.2) is 20.8 Å². The predicted octanol–water partition coefficient (Wildman–Crippen LogP) is 2.06. The average molecular weight is 234 g/mol. The summed E-state index contributed by atoms with van der Waals surface area (Å²) < 4.78 is 2.34. The lowest BCUT2D eigenvalue weighted by atomic mass is 9.78. The fourth-order valence-corrected chi connectivity index (χ4v) is 3.29. The van der Waals surface area contributed by atoms with Crippen LogP contribution in [0.2, 0.25) is 0 Å². The molecule has 2 N–H and O–H groups in total. The Balaban J connectivity index is 1.65. The van der Waals surface area contributed by atoms with Crippen LogP contribution in [0.15, 0.2) is 6.33 Å². The van der Waals surface area contributed by atoms with E-state index < -0.39 is 0 Å². The van der Waals surface area contributed by atoms with Crippen molar-refractivity contribution in [3.05, 3.63) is 12.2 Å². The maximum atomic E-state index is 5.84. The van der Waals surface area contributed by atoms with E-state index in [0.717, 1.165) is 25.2 Å². The summed E-state index contributed by atoms with van der Waals surface area (Å²) in [4.78, 5) is 0. The third-order valence-electron chi connectivity index (χ3n) is 4.36. The summed E-state index contributed by atoms with van der Waals surface area (Å²) in [6.45, 7) is 0. The normalized spacial score (nSPS) is 30.2. The van der Waals surface area contributed by atoms with Crippen molar-refractivity contribution in [3.63, 3.8) is 0 Å². The summed E-state index contributed by atoms with van der Waals surface area (Å²) in [6.07, 6.45) is 12.0. The molecule has 1 aromatic heterocycles. The smallest absolute Gasteiger partial charge is 0.133 e. The first-order chi connectivity index (χ1) is 8.33. The van der Waals surface area contributed by atoms with Gasteiger partial charge in [-0.3, -0.25) is 0 Å². The van der Waals surface area contributed by atoms with Gasteiger partial charge in [0.05, 0.1) is 0 Å². The lowest BCUT2D eigenvalue weighted by Gasteiger charge is -2.32. The number of aromatic nitrogens is 3. The van der Waals surface area contributed by atoms with Gasteiger partial charge in [0.1, 0.15) is 12.2 Å². The molecule has 0 aromatic carbocycles. The Morgan fingerprint density at radius 3 is 2.71 bits per heavy atom. The summed E-state index contributed by atoms with van der Waals surface area (Å²) in [5, 5.41) is 8.42. The molecule has 2 aliphatic carbocycles. The summed E-state index contributed by atoms with van der Waals surface area (Å²) in [5.41, 5.74) is 5.84. The van der Waals surface area contributed by atoms with Crippen molar-refractivity contribution in [2.45, 2.75) is 63.5 Å². The maximum Gasteiger partial charge on any atom is 0.133 e. The van der Waals surface area contributed by atoms with Crippen LogP contribution in [-0.2, 0) is 6.42 Å². The molecule has 2 saturated carbocycles. The van der Waals surface area contributed by atoms with Crippen LogP contribution in [0.4, 0.5) is 0 Å². The number of nitrogens with zero attached hydrogens (tertiary/aromatic N) is 3. The molecule has 1 heterocycles. The predicted molar refractivity (Wildman–Crippen MR) is 66.5 cm³/mol. The van der Waals surface area contributed by atoms with E-state index in [1.807, 2.05) is 6.33 Å². The van der Waals surface area contributed by atoms with Crippen LogP contribution >= 0.6 is 0 Å². The van der Waals surface area contributed by atoms with Crippen molar-refractivity contribution in [3.8, 4) is 0 Å². The number of hydrogen-bond donors (Lipinski definition) is 1. The number of hydrogen-bond acceptors (Lipinski definition) is 3. The highest BCUT2D eigenvalue weighted by atomic mass is 15.3. The first-order valence-electron chi connectivity index (χ1n) is 6.97. The first kappa shape index (κ1) is 11.2. The van der Waals surface area contributed by atoms with Gasteiger partial charge in [-0.15, -0.1) is 10.2 Å². The van der Waals surface area contributed by atoms with E-state index >= 15 is 0 Å². The van der Waals surface area contributed by atoms with Crippen LogP contribution < -0.4 is 5.73 Å². The Labute approximate surface area is 103 Å². The van der Waals surface area contributed by atoms with Gasteiger partial charge < -0.3 is 10.3 Å². The Bertz CT molecular complexity index is 361. The van der Waals surface area contributed by atoms with Crippen LogP contribution in [0.5, 0.6) is 0 Å². The zero-order chi connectivity index (χ0) is 11.7. The third-order valence-corrected chi connectivity index (χ3v) is 4.36. The van der Waals surface area contributed by atoms with Crippen molar-refractivity contribution >= 4 is 0 Å². The second-order valence-corrected chi connectivity index (χ2v) is 5.75. The molecule has 4 nitrogen and oxygen atoms in total. The number of rotatable bonds is 3. The Kier molecular flexibility index (Phi) is 3.14. The zero-order valence-electron chi connectivity index (χ0n) is 10.4. The van der Waals surface area contributed by atoms with Crippen molar-refractivity contribution in [2.75, 3.05) is 0 Å². The van der Waals surface area contributed by atoms with Gasteiger partial charge in [-0.1, -0.05) is 19.3 Å². The van der Waals surface area contributed by atoms with Crippen LogP contribution in [0.1, 0.15) is 56.8 Å². The minimum Gasteiger partial charge on any atom is -0.328 e. The molecule has 0 saturated heterocycles. The van der Waals surface area contributed by atoms with E-state index in [4.69, 9.17) is 5.73 Å². The molecule has 4 heteroatoms. The van der Waals surface area contributed by atoms with Gasteiger partial charge in [-0.25, -0.2) is 0 Å². The summed E-state index contributed by atoms with van der Waals surface area (Å²) in [7, 11) is 0. The van der Waals surface area contributed by atoms with Crippen molar-refractivity contribution < 1.29 is 0 Å². The molecule has 3 rings (SSSR count). The highest BCUT2D eigenvalue weighted by Gasteiger charge is 2.28. The van der Waals surface area contributed by atoms with Gasteiger partial charge in [-0.2, -0.15) is 0 Å². The third kappa shape index (κ3) is 2.37. The molecule has 0 unspecified atom stereocenters. The lowest BCUT2D eigenvalue weighted by Crippen LogP contribution is -2.37. The second-order valence-electron chi connectivity index (χ2n) is 5.75. The number of nitrogens with two attached hydrogens (primary N) is 1. The molecule has 0 bridgehead atoms. The minimum absolute atomic E-state index is 0.436. The molecule has 2 fully saturated rings. The molecule has 0 aliphatic heterocycles. The highest BCUT2D eigenvalue weighted by Crippen LogP contribution is 2.32. The van der Waals surface area contributed by atoms with Crippen LogP contribution in [0, 0.1) is 5.92 Å². The molecule has 94 valence electrons. The van der Waals surface area contributed by atoms with Gasteiger partial charge >= 0.3 is 0 Å². The summed E-state index contributed by atoms with van der Waals surface area (Å²) in [5.74, 6) is 1.94. The summed E-state index contributed by atoms with van der Waals surface area (Å²) >= 11 is 0. The van der Waals surface area contributed by atoms with E-state index in [9.17, 15) is 0 Å². The van der Waals surface area contributed by atoms with E-state index in [1.54, 1.807) is 0 Å². The zero-order valence-corrected chi connectivity index (χ0v) is 10.4. The standard InChI is InChI=1S/C13H22N4/c14-11-6-10(7-11)8-13-16-15-9-17(13)12-4-2-1-3-5-12/h9-12H,1-8,14H2. The lowest BCUT2D eigenvalue weighted by molar-refractivity contribution is 0.252. The molecular formula is C13H22N4. The van der Waals surface area contributed by atoms with E-state index in [1.165, 1.54) is 37.9 Å². The fraction of sp³-hybridized carbons (Fsp3) is 0.846. The average Bonchev–Trinajstić information content (AvgIpc) is 2.76. The quantitative estimate of drug-likeness (QED) is 0.871. The fourth-order valence-electron chi connectivity index (χ4n) is 3.29. The second kappa shape index (κ2) is 4.77. The SMILES string of the molecule is NC1CC(Cc2nncn2C2CCCCC2)C1. The molecule has 0 amide bonds. The van der Waals surface area contributed by atoms with Gasteiger partial charge in [0.25, 0.3) is 0 Å². The van der Waals surface area contributed by atoms with E-state index in [-0.39, 0.29) is 0 Å². The highest BCUT2D eigenvalue weighted by molar-refractivity contribution is 4.96. The van der Waals surface area contributed by atoms with E-state index in [2.05, 4.69) is 14.8 Å². The van der Waals surface area contributed by atoms with Crippen molar-refractivity contribution in [1.29, 1.82) is 0 Å². The molecule has 0 atom stereocenters. The largest absolute Gasteiger partial charge is 0.328 e. The van der Waals surface area contributed by atoms with E-state index in [0.29, 0.717) is 12.1 Å². The van der Waals surface area contributed by atoms with Gasteiger partial charge in [0.15, 0.2) is 0 Å². The Morgan fingerprint density at radius 1 is 1.24 bits per heavy atom. The molecule has 0 radical (unpaired) electrons. The molecular weight excluding hydrogens is 212 g/mol. The van der Waals surface area contributed by atoms with Crippen LogP contribution in [0.3, 0.4) is 0 Å². The van der Waals surface area contributed by atoms with Crippen molar-refractivity contribution in [2.24, 2.45) is 11.7 Å². The Morgan fingerprint density at radius 2 is 2.00 bits per heavy atom. The van der Waals surface area contributed by atoms with Gasteiger partial charge in [-0.05, 0) is 31.6 Å². The summed E-state index contributed by atoms with van der Waals surface area (Å²) in [6, 6.07) is 1.09. The van der Waals surface area contributed by atoms with Gasteiger partial charge in [0.2, 0.25) is 0 Å². The Hall–Kier alpha value is -0.900. The first-order valence-corrected chi connectivity index (χ1v) is 6.97. The maximum absolute atomic E-state index is 5.84. The topological polar surface area (TPSA) is 56.7 Å². The van der Waals surface area contributed by atoms with Crippen LogP contribution in [0.25, 0.3) is 0 Å². The van der Waals surface area contributed by atoms with Gasteiger partial charge in [0, 0.05) is 18.5 Å². The van der Waals surface area contributed by atoms with Crippen molar-refractivity contribution in [1.82, 2.24) is 14.8 Å². The molecule has 1 aromatic rings. The monoisotopic (exact) mass is 234 g/mol. The minimum atomic E-state index is 0.436. The molecule has 0 spiro atoms. The molecule has 2 aliphatic rings.